The number of esters is 1. The first-order valence-electron chi connectivity index (χ1n) is 26.6. The summed E-state index contributed by atoms with van der Waals surface area (Å²) in [5.74, 6) is -6.47. The van der Waals surface area contributed by atoms with Crippen LogP contribution in [-0.2, 0) is 28.6 Å². The first-order valence-corrected chi connectivity index (χ1v) is 26.6. The molecule has 7 heterocycles. The Hall–Kier alpha value is -5.44. The van der Waals surface area contributed by atoms with E-state index in [0.29, 0.717) is 58.0 Å². The van der Waals surface area contributed by atoms with Crippen molar-refractivity contribution in [2.75, 3.05) is 90.5 Å². The van der Waals surface area contributed by atoms with Crippen molar-refractivity contribution in [1.29, 1.82) is 0 Å². The Morgan fingerprint density at radius 1 is 0.865 bits per heavy atom. The van der Waals surface area contributed by atoms with E-state index in [9.17, 15) is 39.6 Å². The number of phenolic OH excluding ortho intramolecular Hbond substituents is 2. The highest BCUT2D eigenvalue weighted by Crippen LogP contribution is 2.50. The Labute approximate surface area is 433 Å². The topological polar surface area (TPSA) is 236 Å². The highest BCUT2D eigenvalue weighted by molar-refractivity contribution is 6.19. The molecule has 19 nitrogen and oxygen atoms in total. The summed E-state index contributed by atoms with van der Waals surface area (Å²) in [4.78, 5) is 75.0. The van der Waals surface area contributed by atoms with E-state index >= 15 is 0 Å². The van der Waals surface area contributed by atoms with Crippen LogP contribution in [0, 0.1) is 30.6 Å². The number of fused-ring (bicyclic) bond motifs is 13. The fourth-order valence-electron chi connectivity index (χ4n) is 11.1. The van der Waals surface area contributed by atoms with Crippen molar-refractivity contribution in [3.8, 4) is 17.2 Å². The number of hydrogen-bond acceptors (Lipinski definition) is 17. The fourth-order valence-corrected chi connectivity index (χ4v) is 11.1. The number of phenols is 2. The van der Waals surface area contributed by atoms with Gasteiger partial charge in [-0.25, -0.2) is 0 Å². The predicted molar refractivity (Wildman–Crippen MR) is 276 cm³/mol. The second-order valence-electron chi connectivity index (χ2n) is 21.8. The third-order valence-electron chi connectivity index (χ3n) is 15.9. The molecule has 7 aliphatic heterocycles. The van der Waals surface area contributed by atoms with Crippen molar-refractivity contribution in [3.05, 3.63) is 58.0 Å². The number of likely N-dealkylation sites (tertiary alicyclic amines) is 1. The quantitative estimate of drug-likeness (QED) is 0.144. The normalized spacial score (nSPS) is 30.0. The largest absolute Gasteiger partial charge is 0.507 e. The maximum atomic E-state index is 14.8. The lowest BCUT2D eigenvalue weighted by Gasteiger charge is -2.36. The highest BCUT2D eigenvalue weighted by atomic mass is 16.7. The Bertz CT molecular complexity index is 2680. The monoisotopic (exact) mass is 1030 g/mol. The van der Waals surface area contributed by atoms with Crippen LogP contribution in [0.2, 0.25) is 0 Å². The van der Waals surface area contributed by atoms with Crippen LogP contribution < -0.4 is 20.8 Å². The van der Waals surface area contributed by atoms with Gasteiger partial charge in [-0.15, -0.1) is 0 Å². The molecule has 0 saturated carbocycles. The summed E-state index contributed by atoms with van der Waals surface area (Å²) in [6.07, 6.45) is 5.78. The Morgan fingerprint density at radius 3 is 2.20 bits per heavy atom. The van der Waals surface area contributed by atoms with E-state index in [0.717, 1.165) is 45.9 Å². The van der Waals surface area contributed by atoms with E-state index < -0.39 is 77.3 Å². The van der Waals surface area contributed by atoms with Gasteiger partial charge in [-0.3, -0.25) is 39.0 Å². The van der Waals surface area contributed by atoms with Crippen LogP contribution in [-0.4, -0.2) is 179 Å². The Morgan fingerprint density at radius 2 is 1.53 bits per heavy atom. The molecule has 7 aliphatic rings. The number of nitrogens with one attached hydrogen (secondary N) is 1. The number of anilines is 1. The molecule has 2 unspecified atom stereocenters. The van der Waals surface area contributed by atoms with Crippen molar-refractivity contribution < 1.29 is 58.6 Å². The minimum absolute atomic E-state index is 0.0416. The molecule has 3 saturated heterocycles. The van der Waals surface area contributed by atoms with E-state index in [2.05, 4.69) is 33.9 Å². The number of allylic oxidation sites excluding steroid dienone is 3. The van der Waals surface area contributed by atoms with Crippen LogP contribution in [0.4, 0.5) is 5.69 Å². The summed E-state index contributed by atoms with van der Waals surface area (Å²) in [5, 5.41) is 50.7. The van der Waals surface area contributed by atoms with Gasteiger partial charge in [0.05, 0.1) is 48.0 Å². The average Bonchev–Trinajstić information content (AvgIpc) is 3.88. The number of morpholine rings is 1. The molecule has 404 valence electrons. The molecule has 2 aromatic rings. The van der Waals surface area contributed by atoms with E-state index in [1.54, 1.807) is 63.8 Å². The number of ether oxygens (including phenoxy) is 4. The van der Waals surface area contributed by atoms with Crippen molar-refractivity contribution in [1.82, 2.24) is 19.6 Å². The number of piperidine rings is 1. The number of carbonyl (C=O) groups is 4. The zero-order valence-corrected chi connectivity index (χ0v) is 44.4. The average molecular weight is 1030 g/mol. The number of rotatable bonds is 8. The summed E-state index contributed by atoms with van der Waals surface area (Å²) in [6.45, 7) is 24.0. The number of ketones is 1. The molecule has 1 spiro atoms. The molecule has 9 rings (SSSR count). The number of piperazine rings is 1. The molecular weight excluding hydrogens is 951 g/mol. The molecule has 19 heteroatoms. The molecule has 0 radical (unpaired) electrons. The van der Waals surface area contributed by atoms with Crippen LogP contribution >= 0.6 is 0 Å². The number of carbonyl (C=O) groups excluding carboxylic acids is 4. The number of nitrogens with zero attached hydrogens (tertiary/aromatic N) is 6. The summed E-state index contributed by atoms with van der Waals surface area (Å²) in [6, 6.07) is 0. The first-order chi connectivity index (χ1) is 35.2. The zero-order valence-electron chi connectivity index (χ0n) is 44.4. The lowest BCUT2D eigenvalue weighted by atomic mass is 9.81. The van der Waals surface area contributed by atoms with E-state index in [1.807, 2.05) is 0 Å². The van der Waals surface area contributed by atoms with E-state index in [-0.39, 0.29) is 74.1 Å². The van der Waals surface area contributed by atoms with Gasteiger partial charge in [0.25, 0.3) is 11.7 Å². The van der Waals surface area contributed by atoms with E-state index in [4.69, 9.17) is 28.9 Å². The summed E-state index contributed by atoms with van der Waals surface area (Å²) >= 11 is 0. The third kappa shape index (κ3) is 11.5. The van der Waals surface area contributed by atoms with Gasteiger partial charge in [0.15, 0.2) is 11.4 Å². The van der Waals surface area contributed by atoms with Crippen LogP contribution in [0.1, 0.15) is 96.5 Å². The van der Waals surface area contributed by atoms with Gasteiger partial charge in [-0.05, 0) is 38.7 Å². The molecule has 74 heavy (non-hydrogen) atoms. The molecule has 2 aromatic carbocycles. The minimum Gasteiger partial charge on any atom is -0.507 e. The lowest BCUT2D eigenvalue weighted by Crippen LogP contribution is -2.51. The third-order valence-corrected chi connectivity index (χ3v) is 15.9. The highest BCUT2D eigenvalue weighted by Gasteiger charge is 2.50. The molecule has 2 amide bonds. The number of hydrogen-bond donors (Lipinski definition) is 5. The SMILES string of the molecule is C/C1=C/C=C/C(C)[C@H](O)[C@@H](C)C(O)[C@@H](C)[C@H](OC(=O)CC(=O)N2CCN(CCN3CCOCC3)CC2)CC/C=C/O[C@@]2(C)Oc3c(C)c(O)c4c(O)c(c5c(c4c3C2=O)=NC2(CCN(CC(C)C)CC2)N=5)NC1=O. The molecule has 0 aliphatic carbocycles. The Balaban J connectivity index is 1.07. The number of benzene rings is 2. The predicted octanol–water partition coefficient (Wildman–Crippen LogP) is 3.73. The molecule has 5 bridgehead atoms. The van der Waals surface area contributed by atoms with Crippen molar-refractivity contribution in [2.45, 2.75) is 117 Å². The molecule has 0 aromatic heterocycles. The zero-order chi connectivity index (χ0) is 53.2. The molecule has 7 atom stereocenters. The van der Waals surface area contributed by atoms with Crippen LogP contribution in [0.3, 0.4) is 0 Å². The molecule has 5 N–H and O–H groups in total. The second kappa shape index (κ2) is 22.8. The van der Waals surface area contributed by atoms with Gasteiger partial charge < -0.3 is 54.5 Å². The van der Waals surface area contributed by atoms with Crippen LogP contribution in [0.5, 0.6) is 17.2 Å². The van der Waals surface area contributed by atoms with E-state index in [1.165, 1.54) is 13.2 Å². The van der Waals surface area contributed by atoms with Crippen molar-refractivity contribution in [2.24, 2.45) is 33.7 Å². The second-order valence-corrected chi connectivity index (χ2v) is 21.8. The summed E-state index contributed by atoms with van der Waals surface area (Å²) in [7, 11) is 0. The number of Topliss-reactive ketones (excluding diaryl/α,β-unsaturated/α-hetero) is 1. The Kier molecular flexibility index (Phi) is 16.9. The van der Waals surface area contributed by atoms with Gasteiger partial charge in [0.2, 0.25) is 5.91 Å². The number of amides is 2. The van der Waals surface area contributed by atoms with Gasteiger partial charge in [0, 0.05) is 126 Å². The van der Waals surface area contributed by atoms with Gasteiger partial charge in [0.1, 0.15) is 35.1 Å². The summed E-state index contributed by atoms with van der Waals surface area (Å²) < 4.78 is 23.9. The number of aromatic hydroxyl groups is 2. The number of aliphatic hydroxyl groups is 2. The maximum Gasteiger partial charge on any atom is 0.315 e. The maximum absolute atomic E-state index is 14.8. The molecule has 3 fully saturated rings. The van der Waals surface area contributed by atoms with Gasteiger partial charge >= 0.3 is 11.8 Å². The summed E-state index contributed by atoms with van der Waals surface area (Å²) in [5.41, 5.74) is -0.586. The van der Waals surface area contributed by atoms with Gasteiger partial charge in [-0.2, -0.15) is 0 Å². The smallest absolute Gasteiger partial charge is 0.315 e. The fraction of sp³-hybridized carbons (Fsp3) is 0.636. The van der Waals surface area contributed by atoms with Crippen LogP contribution in [0.15, 0.2) is 46.1 Å². The molecular formula is C55H77N7O12. The van der Waals surface area contributed by atoms with Crippen LogP contribution in [0.25, 0.3) is 10.8 Å². The van der Waals surface area contributed by atoms with Gasteiger partial charge in [-0.1, -0.05) is 52.8 Å². The lowest BCUT2D eigenvalue weighted by molar-refractivity contribution is -0.159. The van der Waals surface area contributed by atoms with Crippen molar-refractivity contribution >= 4 is 40.0 Å². The minimum atomic E-state index is -1.94. The number of aliphatic hydroxyl groups excluding tert-OH is 2. The van der Waals surface area contributed by atoms with Crippen molar-refractivity contribution in [3.63, 3.8) is 0 Å². The standard InChI is InChI=1S/C55H77N7O12/c1-32(2)31-61-17-15-55(16-18-61)57-44-41-42-49(67)37(7)51-43(41)52(69)54(8,74-51)72-27-10-9-14-38(73-40(64)30-39(63)62-23-21-59(22-24-62)19-20-60-25-28-71-29-26-60)35(5)48(66)36(6)47(65)33(3)12-11-13-34(4)53(70)56-46(50(42)68)45(44)58-55/h10-13,27,32-33,35-36,38,47-48,65-68H,9,14-26,28-31H2,1-8H3,(H,56,70)/b12-11+,27-10+,34-13-/t33?,35-,36+,38+,47-,48?,54-/m0/s1. The first kappa shape index (κ1) is 54.8.